The van der Waals surface area contributed by atoms with Crippen molar-refractivity contribution in [1.82, 2.24) is 0 Å². The Morgan fingerprint density at radius 2 is 2.07 bits per heavy atom. The zero-order valence-corrected chi connectivity index (χ0v) is 7.31. The van der Waals surface area contributed by atoms with Crippen LogP contribution in [0.1, 0.15) is 6.92 Å². The van der Waals surface area contributed by atoms with Crippen molar-refractivity contribution >= 4 is 12.1 Å². The summed E-state index contributed by atoms with van der Waals surface area (Å²) in [7, 11) is 0. The Kier molecular flexibility index (Phi) is 2.73. The number of ether oxygens (including phenoxy) is 2. The van der Waals surface area contributed by atoms with Crippen LogP contribution in [0.5, 0.6) is 0 Å². The maximum absolute atomic E-state index is 11.0. The van der Waals surface area contributed by atoms with Crippen molar-refractivity contribution < 1.29 is 33.9 Å². The first kappa shape index (κ1) is 10.5. The minimum Gasteiger partial charge on any atom is -0.450 e. The summed E-state index contributed by atoms with van der Waals surface area (Å²) in [4.78, 5) is 29.7. The Hall–Kier alpha value is -1.60. The molecule has 14 heavy (non-hydrogen) atoms. The lowest BCUT2D eigenvalue weighted by Crippen LogP contribution is -2.54. The lowest BCUT2D eigenvalue weighted by Gasteiger charge is -2.34. The molecule has 1 heterocycles. The van der Waals surface area contributed by atoms with Crippen LogP contribution in [0.15, 0.2) is 12.2 Å². The topological polar surface area (TPSA) is 91.3 Å². The maximum Gasteiger partial charge on any atom is 0.511 e. The Labute approximate surface area is 78.7 Å². The van der Waals surface area contributed by atoms with E-state index in [2.05, 4.69) is 25.8 Å². The lowest BCUT2D eigenvalue weighted by molar-refractivity contribution is -0.586. The SMILES string of the molecule is C=C(C)C(=O)OC1(OC(=O)O)COO1. The highest BCUT2D eigenvalue weighted by Crippen LogP contribution is 2.26. The summed E-state index contributed by atoms with van der Waals surface area (Å²) in [6.07, 6.45) is -1.64. The van der Waals surface area contributed by atoms with E-state index in [9.17, 15) is 9.59 Å². The molecule has 1 fully saturated rings. The summed E-state index contributed by atoms with van der Waals surface area (Å²) in [5.41, 5.74) is 0.0915. The number of carboxylic acid groups (broad SMARTS) is 1. The van der Waals surface area contributed by atoms with Crippen LogP contribution in [0, 0.1) is 0 Å². The van der Waals surface area contributed by atoms with E-state index >= 15 is 0 Å². The van der Waals surface area contributed by atoms with E-state index in [0.29, 0.717) is 0 Å². The molecule has 0 amide bonds. The molecular formula is C7H8O7. The molecule has 7 nitrogen and oxygen atoms in total. The molecule has 7 heteroatoms. The minimum atomic E-state index is -1.98. The van der Waals surface area contributed by atoms with Gasteiger partial charge in [0.05, 0.1) is 0 Å². The molecule has 1 atom stereocenters. The first-order valence-electron chi connectivity index (χ1n) is 3.56. The zero-order chi connectivity index (χ0) is 10.8. The number of rotatable bonds is 3. The van der Waals surface area contributed by atoms with Crippen molar-refractivity contribution in [2.45, 2.75) is 12.9 Å². The highest BCUT2D eigenvalue weighted by atomic mass is 17.3. The van der Waals surface area contributed by atoms with Crippen LogP contribution in [0.4, 0.5) is 4.79 Å². The summed E-state index contributed by atoms with van der Waals surface area (Å²) in [5, 5.41) is 8.29. The third-order valence-corrected chi connectivity index (χ3v) is 1.26. The smallest absolute Gasteiger partial charge is 0.450 e. The summed E-state index contributed by atoms with van der Waals surface area (Å²) in [6.45, 7) is 4.39. The van der Waals surface area contributed by atoms with E-state index < -0.39 is 18.1 Å². The Morgan fingerprint density at radius 1 is 1.50 bits per heavy atom. The summed E-state index contributed by atoms with van der Waals surface area (Å²) in [5.74, 6) is -2.81. The molecule has 0 aromatic rings. The normalized spacial score (nSPS) is 24.6. The second-order valence-corrected chi connectivity index (χ2v) is 2.57. The van der Waals surface area contributed by atoms with Crippen molar-refractivity contribution in [3.8, 4) is 0 Å². The van der Waals surface area contributed by atoms with E-state index in [4.69, 9.17) is 5.11 Å². The Morgan fingerprint density at radius 3 is 2.36 bits per heavy atom. The summed E-state index contributed by atoms with van der Waals surface area (Å²) < 4.78 is 8.74. The van der Waals surface area contributed by atoms with E-state index in [0.717, 1.165) is 0 Å². The van der Waals surface area contributed by atoms with Crippen LogP contribution in [-0.2, 0) is 24.0 Å². The van der Waals surface area contributed by atoms with Crippen LogP contribution >= 0.6 is 0 Å². The molecule has 1 aliphatic rings. The fraction of sp³-hybridized carbons (Fsp3) is 0.429. The Bertz CT molecular complexity index is 278. The number of hydrogen-bond donors (Lipinski definition) is 1. The predicted molar refractivity (Wildman–Crippen MR) is 39.8 cm³/mol. The molecule has 1 unspecified atom stereocenters. The zero-order valence-electron chi connectivity index (χ0n) is 7.31. The van der Waals surface area contributed by atoms with E-state index in [1.165, 1.54) is 6.92 Å². The molecule has 0 bridgehead atoms. The summed E-state index contributed by atoms with van der Waals surface area (Å²) in [6, 6.07) is 0. The van der Waals surface area contributed by atoms with Crippen LogP contribution in [0.2, 0.25) is 0 Å². The molecule has 0 aliphatic carbocycles. The molecular weight excluding hydrogens is 196 g/mol. The first-order chi connectivity index (χ1) is 6.45. The van der Waals surface area contributed by atoms with Crippen molar-refractivity contribution in [1.29, 1.82) is 0 Å². The molecule has 0 aromatic heterocycles. The summed E-state index contributed by atoms with van der Waals surface area (Å²) >= 11 is 0. The third-order valence-electron chi connectivity index (χ3n) is 1.26. The van der Waals surface area contributed by atoms with E-state index in [1.54, 1.807) is 0 Å². The van der Waals surface area contributed by atoms with Gasteiger partial charge in [0.15, 0.2) is 6.61 Å². The van der Waals surface area contributed by atoms with Gasteiger partial charge >= 0.3 is 18.1 Å². The molecule has 78 valence electrons. The van der Waals surface area contributed by atoms with Gasteiger partial charge in [-0.15, -0.1) is 4.89 Å². The fourth-order valence-corrected chi connectivity index (χ4v) is 0.630. The van der Waals surface area contributed by atoms with Crippen molar-refractivity contribution in [2.75, 3.05) is 6.61 Å². The highest BCUT2D eigenvalue weighted by Gasteiger charge is 2.51. The van der Waals surface area contributed by atoms with Gasteiger partial charge in [0.2, 0.25) is 0 Å². The van der Waals surface area contributed by atoms with Gasteiger partial charge < -0.3 is 14.6 Å². The van der Waals surface area contributed by atoms with Crippen molar-refractivity contribution in [3.63, 3.8) is 0 Å². The van der Waals surface area contributed by atoms with Crippen LogP contribution in [-0.4, -0.2) is 29.8 Å². The molecule has 1 saturated heterocycles. The molecule has 0 radical (unpaired) electrons. The average molecular weight is 204 g/mol. The van der Waals surface area contributed by atoms with Gasteiger partial charge in [0.1, 0.15) is 0 Å². The van der Waals surface area contributed by atoms with Crippen LogP contribution in [0.3, 0.4) is 0 Å². The second kappa shape index (κ2) is 3.64. The van der Waals surface area contributed by atoms with Gasteiger partial charge in [-0.2, -0.15) is 0 Å². The molecule has 1 rings (SSSR count). The maximum atomic E-state index is 11.0. The molecule has 0 spiro atoms. The number of esters is 1. The standard InChI is InChI=1S/C7H8O7/c1-4(2)5(8)12-7(3-11-14-7)13-6(9)10/h1,3H2,2H3,(H,9,10). The molecule has 0 aromatic carbocycles. The van der Waals surface area contributed by atoms with E-state index in [1.807, 2.05) is 0 Å². The van der Waals surface area contributed by atoms with Gasteiger partial charge in [0.25, 0.3) is 0 Å². The second-order valence-electron chi connectivity index (χ2n) is 2.57. The van der Waals surface area contributed by atoms with Crippen molar-refractivity contribution in [3.05, 3.63) is 12.2 Å². The lowest BCUT2D eigenvalue weighted by atomic mass is 10.3. The molecule has 1 aliphatic heterocycles. The number of carbonyl (C=O) groups is 2. The number of hydrogen-bond acceptors (Lipinski definition) is 6. The monoisotopic (exact) mass is 204 g/mol. The average Bonchev–Trinajstić information content (AvgIpc) is 1.99. The fourth-order valence-electron chi connectivity index (χ4n) is 0.630. The quantitative estimate of drug-likeness (QED) is 0.308. The van der Waals surface area contributed by atoms with Gasteiger partial charge in [-0.25, -0.2) is 14.5 Å². The first-order valence-corrected chi connectivity index (χ1v) is 3.56. The Balaban J connectivity index is 2.58. The minimum absolute atomic E-state index is 0.0915. The van der Waals surface area contributed by atoms with Gasteiger partial charge in [-0.3, -0.25) is 0 Å². The van der Waals surface area contributed by atoms with Crippen molar-refractivity contribution in [2.24, 2.45) is 0 Å². The van der Waals surface area contributed by atoms with E-state index in [-0.39, 0.29) is 12.2 Å². The predicted octanol–water partition coefficient (Wildman–Crippen LogP) is 0.416. The van der Waals surface area contributed by atoms with Crippen LogP contribution in [0.25, 0.3) is 0 Å². The molecule has 1 N–H and O–H groups in total. The highest BCUT2D eigenvalue weighted by molar-refractivity contribution is 5.87. The number of carbonyl (C=O) groups excluding carboxylic acids is 1. The third kappa shape index (κ3) is 2.21. The molecule has 0 saturated carbocycles. The largest absolute Gasteiger partial charge is 0.511 e. The van der Waals surface area contributed by atoms with Gasteiger partial charge in [-0.1, -0.05) is 6.58 Å². The van der Waals surface area contributed by atoms with Gasteiger partial charge in [0, 0.05) is 5.57 Å². The van der Waals surface area contributed by atoms with Gasteiger partial charge in [-0.05, 0) is 6.92 Å². The van der Waals surface area contributed by atoms with Crippen LogP contribution < -0.4 is 0 Å².